The van der Waals surface area contributed by atoms with Crippen LogP contribution in [0.1, 0.15) is 30.5 Å². The van der Waals surface area contributed by atoms with Gasteiger partial charge in [0.05, 0.1) is 13.5 Å². The van der Waals surface area contributed by atoms with Gasteiger partial charge in [-0.25, -0.2) is 0 Å². The zero-order valence-corrected chi connectivity index (χ0v) is 14.9. The average molecular weight is 338 g/mol. The maximum absolute atomic E-state index is 11.8. The van der Waals surface area contributed by atoms with Crippen molar-refractivity contribution in [2.24, 2.45) is 0 Å². The first-order valence-corrected chi connectivity index (χ1v) is 8.84. The Hall–Kier alpha value is -2.17. The Bertz CT molecular complexity index is 675. The normalized spacial score (nSPS) is 21.4. The lowest BCUT2D eigenvalue weighted by Gasteiger charge is -2.21. The van der Waals surface area contributed by atoms with Gasteiger partial charge in [0.2, 0.25) is 0 Å². The van der Waals surface area contributed by atoms with Gasteiger partial charge in [-0.3, -0.25) is 9.69 Å². The minimum Gasteiger partial charge on any atom is -0.469 e. The second-order valence-corrected chi connectivity index (χ2v) is 6.60. The SMILES string of the molecule is COC(=O)C[C@H](NCc1ccccc1)[C@H]1CN1[C@H](C)c1ccccc1. The molecular weight excluding hydrogens is 312 g/mol. The Kier molecular flexibility index (Phi) is 5.84. The lowest BCUT2D eigenvalue weighted by atomic mass is 10.1. The van der Waals surface area contributed by atoms with Crippen molar-refractivity contribution in [1.82, 2.24) is 10.2 Å². The standard InChI is InChI=1S/C21H26N2O2/c1-16(18-11-7-4-8-12-18)23-15-20(23)19(13-21(24)25-2)22-14-17-9-5-3-6-10-17/h3-12,16,19-20,22H,13-15H2,1-2H3/t16-,19+,20-,23?/m1/s1. The van der Waals surface area contributed by atoms with Crippen LogP contribution in [-0.4, -0.2) is 36.6 Å². The van der Waals surface area contributed by atoms with E-state index in [1.54, 1.807) is 0 Å². The molecule has 132 valence electrons. The number of methoxy groups -OCH3 is 1. The molecule has 0 aromatic heterocycles. The number of benzene rings is 2. The van der Waals surface area contributed by atoms with Gasteiger partial charge in [0.25, 0.3) is 0 Å². The molecule has 3 rings (SSSR count). The summed E-state index contributed by atoms with van der Waals surface area (Å²) < 4.78 is 4.89. The van der Waals surface area contributed by atoms with Crippen LogP contribution in [0.3, 0.4) is 0 Å². The fraction of sp³-hybridized carbons (Fsp3) is 0.381. The number of hydrogen-bond acceptors (Lipinski definition) is 4. The second-order valence-electron chi connectivity index (χ2n) is 6.60. The van der Waals surface area contributed by atoms with E-state index in [1.165, 1.54) is 18.2 Å². The van der Waals surface area contributed by atoms with E-state index in [-0.39, 0.29) is 12.0 Å². The van der Waals surface area contributed by atoms with E-state index >= 15 is 0 Å². The molecule has 0 amide bonds. The Balaban J connectivity index is 1.63. The van der Waals surface area contributed by atoms with Gasteiger partial charge in [0.1, 0.15) is 0 Å². The summed E-state index contributed by atoms with van der Waals surface area (Å²) in [6, 6.07) is 21.6. The van der Waals surface area contributed by atoms with Crippen LogP contribution in [-0.2, 0) is 16.1 Å². The summed E-state index contributed by atoms with van der Waals surface area (Å²) in [6.45, 7) is 3.98. The van der Waals surface area contributed by atoms with Crippen molar-refractivity contribution < 1.29 is 9.53 Å². The molecule has 2 aromatic rings. The number of carbonyl (C=O) groups excluding carboxylic acids is 1. The quantitative estimate of drug-likeness (QED) is 0.593. The highest BCUT2D eigenvalue weighted by molar-refractivity contribution is 5.70. The van der Waals surface area contributed by atoms with Crippen LogP contribution in [0.2, 0.25) is 0 Å². The summed E-state index contributed by atoms with van der Waals surface area (Å²) in [7, 11) is 1.45. The van der Waals surface area contributed by atoms with Crippen LogP contribution >= 0.6 is 0 Å². The molecule has 1 fully saturated rings. The molecule has 4 nitrogen and oxygen atoms in total. The monoisotopic (exact) mass is 338 g/mol. The van der Waals surface area contributed by atoms with E-state index in [4.69, 9.17) is 4.74 Å². The Labute approximate surface area is 149 Å². The molecule has 4 heteroatoms. The molecule has 1 unspecified atom stereocenters. The zero-order chi connectivity index (χ0) is 17.6. The number of esters is 1. The highest BCUT2D eigenvalue weighted by atomic mass is 16.5. The summed E-state index contributed by atoms with van der Waals surface area (Å²) in [4.78, 5) is 14.3. The van der Waals surface area contributed by atoms with Crippen molar-refractivity contribution in [3.05, 3.63) is 71.8 Å². The summed E-state index contributed by atoms with van der Waals surface area (Å²) in [6.07, 6.45) is 0.395. The first-order chi connectivity index (χ1) is 12.2. The van der Waals surface area contributed by atoms with E-state index in [2.05, 4.69) is 53.5 Å². The molecule has 4 atom stereocenters. The first kappa shape index (κ1) is 17.6. The number of hydrogen-bond donors (Lipinski definition) is 1. The van der Waals surface area contributed by atoms with Crippen LogP contribution in [0.4, 0.5) is 0 Å². The fourth-order valence-corrected chi connectivity index (χ4v) is 3.35. The summed E-state index contributed by atoms with van der Waals surface area (Å²) in [5.74, 6) is -0.162. The molecule has 2 aromatic carbocycles. The van der Waals surface area contributed by atoms with Crippen molar-refractivity contribution >= 4 is 5.97 Å². The van der Waals surface area contributed by atoms with E-state index in [0.29, 0.717) is 18.5 Å². The smallest absolute Gasteiger partial charge is 0.307 e. The number of carbonyl (C=O) groups is 1. The van der Waals surface area contributed by atoms with Crippen molar-refractivity contribution in [2.45, 2.75) is 38.0 Å². The molecule has 1 aliphatic rings. The molecule has 0 spiro atoms. The van der Waals surface area contributed by atoms with E-state index < -0.39 is 0 Å². The number of nitrogens with zero attached hydrogens (tertiary/aromatic N) is 1. The molecule has 0 bridgehead atoms. The number of ether oxygens (including phenoxy) is 1. The predicted molar refractivity (Wildman–Crippen MR) is 99.1 cm³/mol. The number of rotatable bonds is 8. The molecule has 0 radical (unpaired) electrons. The van der Waals surface area contributed by atoms with Gasteiger partial charge in [-0.2, -0.15) is 0 Å². The van der Waals surface area contributed by atoms with Gasteiger partial charge in [0, 0.05) is 31.2 Å². The first-order valence-electron chi connectivity index (χ1n) is 8.84. The van der Waals surface area contributed by atoms with E-state index in [1.807, 2.05) is 24.3 Å². The summed E-state index contributed by atoms with van der Waals surface area (Å²) in [5, 5.41) is 3.56. The van der Waals surface area contributed by atoms with Crippen LogP contribution < -0.4 is 5.32 Å². The predicted octanol–water partition coefficient (Wildman–Crippen LogP) is 3.15. The minimum absolute atomic E-state index is 0.0961. The molecular formula is C21H26N2O2. The van der Waals surface area contributed by atoms with Crippen molar-refractivity contribution in [3.63, 3.8) is 0 Å². The van der Waals surface area contributed by atoms with Crippen molar-refractivity contribution in [2.75, 3.05) is 13.7 Å². The largest absolute Gasteiger partial charge is 0.469 e. The lowest BCUT2D eigenvalue weighted by Crippen LogP contribution is -2.38. The molecule has 1 heterocycles. The van der Waals surface area contributed by atoms with Gasteiger partial charge >= 0.3 is 5.97 Å². The van der Waals surface area contributed by atoms with Gasteiger partial charge in [-0.1, -0.05) is 60.7 Å². The maximum Gasteiger partial charge on any atom is 0.307 e. The minimum atomic E-state index is -0.162. The third-order valence-corrected chi connectivity index (χ3v) is 4.96. The number of nitrogens with one attached hydrogen (secondary N) is 1. The zero-order valence-electron chi connectivity index (χ0n) is 14.9. The summed E-state index contributed by atoms with van der Waals surface area (Å²) in [5.41, 5.74) is 2.53. The van der Waals surface area contributed by atoms with Gasteiger partial charge in [0.15, 0.2) is 0 Å². The molecule has 1 N–H and O–H groups in total. The van der Waals surface area contributed by atoms with Crippen LogP contribution in [0.5, 0.6) is 0 Å². The third kappa shape index (κ3) is 4.68. The Morgan fingerprint density at radius 3 is 2.44 bits per heavy atom. The molecule has 0 saturated carbocycles. The van der Waals surface area contributed by atoms with Gasteiger partial charge in [-0.15, -0.1) is 0 Å². The third-order valence-electron chi connectivity index (χ3n) is 4.96. The molecule has 1 aliphatic heterocycles. The maximum atomic E-state index is 11.8. The molecule has 1 saturated heterocycles. The van der Waals surface area contributed by atoms with Gasteiger partial charge < -0.3 is 10.1 Å². The Morgan fingerprint density at radius 1 is 1.16 bits per heavy atom. The summed E-state index contributed by atoms with van der Waals surface area (Å²) >= 11 is 0. The molecule has 25 heavy (non-hydrogen) atoms. The lowest BCUT2D eigenvalue weighted by molar-refractivity contribution is -0.141. The van der Waals surface area contributed by atoms with Crippen LogP contribution in [0.15, 0.2) is 60.7 Å². The Morgan fingerprint density at radius 2 is 1.80 bits per heavy atom. The second kappa shape index (κ2) is 8.28. The average Bonchev–Trinajstić information content (AvgIpc) is 3.46. The van der Waals surface area contributed by atoms with Gasteiger partial charge in [-0.05, 0) is 18.1 Å². The highest BCUT2D eigenvalue weighted by Crippen LogP contribution is 2.34. The van der Waals surface area contributed by atoms with Crippen LogP contribution in [0.25, 0.3) is 0 Å². The van der Waals surface area contributed by atoms with E-state index in [9.17, 15) is 4.79 Å². The van der Waals surface area contributed by atoms with Crippen molar-refractivity contribution in [1.29, 1.82) is 0 Å². The van der Waals surface area contributed by atoms with Crippen molar-refractivity contribution in [3.8, 4) is 0 Å². The highest BCUT2D eigenvalue weighted by Gasteiger charge is 2.44. The topological polar surface area (TPSA) is 41.3 Å². The van der Waals surface area contributed by atoms with E-state index in [0.717, 1.165) is 13.1 Å². The fourth-order valence-electron chi connectivity index (χ4n) is 3.35. The molecule has 0 aliphatic carbocycles. The van der Waals surface area contributed by atoms with Crippen LogP contribution in [0, 0.1) is 0 Å².